The van der Waals surface area contributed by atoms with Crippen LogP contribution in [-0.4, -0.2) is 0 Å². The Morgan fingerprint density at radius 3 is 1.73 bits per heavy atom. The van der Waals surface area contributed by atoms with E-state index in [2.05, 4.69) is 184 Å². The summed E-state index contributed by atoms with van der Waals surface area (Å²) in [5.41, 5.74) is 13.0. The molecule has 1 aliphatic carbocycles. The van der Waals surface area contributed by atoms with Crippen molar-refractivity contribution in [1.29, 1.82) is 0 Å². The fourth-order valence-electron chi connectivity index (χ4n) is 8.86. The topological polar surface area (TPSA) is 0 Å². The lowest BCUT2D eigenvalue weighted by molar-refractivity contribution is 0.666. The number of hydrogen-bond acceptors (Lipinski definition) is 0. The summed E-state index contributed by atoms with van der Waals surface area (Å²) in [6.45, 7) is 4.84. The summed E-state index contributed by atoms with van der Waals surface area (Å²) < 4.78 is 0. The zero-order chi connectivity index (χ0) is 32.7. The van der Waals surface area contributed by atoms with E-state index in [0.29, 0.717) is 0 Å². The third-order valence-electron chi connectivity index (χ3n) is 11.0. The monoisotopic (exact) mass is 622 g/mol. The molecule has 9 aromatic carbocycles. The quantitative estimate of drug-likeness (QED) is 0.172. The predicted octanol–water partition coefficient (Wildman–Crippen LogP) is 13.6. The Morgan fingerprint density at radius 2 is 0.939 bits per heavy atom. The average molecular weight is 623 g/mol. The molecule has 0 radical (unpaired) electrons. The highest BCUT2D eigenvalue weighted by Gasteiger charge is 2.38. The molecule has 10 rings (SSSR count). The zero-order valence-electron chi connectivity index (χ0n) is 27.7. The van der Waals surface area contributed by atoms with Crippen molar-refractivity contribution in [3.63, 3.8) is 0 Å². The smallest absolute Gasteiger partial charge is 0.0165 e. The molecule has 0 bridgehead atoms. The predicted molar refractivity (Wildman–Crippen MR) is 210 cm³/mol. The fourth-order valence-corrected chi connectivity index (χ4v) is 8.86. The first-order valence-electron chi connectivity index (χ1n) is 17.3. The van der Waals surface area contributed by atoms with Crippen molar-refractivity contribution in [3.8, 4) is 44.5 Å². The van der Waals surface area contributed by atoms with E-state index in [0.717, 1.165) is 0 Å². The zero-order valence-corrected chi connectivity index (χ0v) is 27.7. The van der Waals surface area contributed by atoms with Crippen LogP contribution in [-0.2, 0) is 5.41 Å². The van der Waals surface area contributed by atoms with E-state index in [1.807, 2.05) is 0 Å². The van der Waals surface area contributed by atoms with Gasteiger partial charge in [0.25, 0.3) is 0 Å². The van der Waals surface area contributed by atoms with Crippen LogP contribution in [0.5, 0.6) is 0 Å². The maximum Gasteiger partial charge on any atom is 0.0165 e. The standard InChI is InChI=1S/C49H34/c1-49(2)44-23-13-12-20-38(44)42-28-29-43-45(34-25-24-31-14-6-7-17-33(31)30-34)39-21-10-11-22-40(39)46(47(43)48(42)49)41-27-26-35(32-15-4-3-5-16-32)36-18-8-9-19-37(36)41/h3-30H,1-2H3. The number of benzene rings is 9. The van der Waals surface area contributed by atoms with Crippen molar-refractivity contribution in [2.24, 2.45) is 0 Å². The third kappa shape index (κ3) is 4.04. The highest BCUT2D eigenvalue weighted by Crippen LogP contribution is 2.56. The van der Waals surface area contributed by atoms with Crippen LogP contribution in [0.4, 0.5) is 0 Å². The summed E-state index contributed by atoms with van der Waals surface area (Å²) >= 11 is 0. The van der Waals surface area contributed by atoms with Crippen LogP contribution in [0.3, 0.4) is 0 Å². The Balaban J connectivity index is 1.40. The summed E-state index contributed by atoms with van der Waals surface area (Å²) in [5.74, 6) is 0. The summed E-state index contributed by atoms with van der Waals surface area (Å²) in [7, 11) is 0. The van der Waals surface area contributed by atoms with Gasteiger partial charge in [-0.25, -0.2) is 0 Å². The van der Waals surface area contributed by atoms with Gasteiger partial charge >= 0.3 is 0 Å². The minimum atomic E-state index is -0.177. The summed E-state index contributed by atoms with van der Waals surface area (Å²) in [5, 5.41) is 10.3. The van der Waals surface area contributed by atoms with Gasteiger partial charge in [-0.2, -0.15) is 0 Å². The van der Waals surface area contributed by atoms with Gasteiger partial charge in [0, 0.05) is 5.41 Å². The van der Waals surface area contributed by atoms with E-state index in [-0.39, 0.29) is 5.41 Å². The lowest BCUT2D eigenvalue weighted by Gasteiger charge is -2.27. The summed E-state index contributed by atoms with van der Waals surface area (Å²) in [6, 6.07) is 63.1. The SMILES string of the molecule is CC1(C)c2ccccc2-c2ccc3c(-c4ccc5ccccc5c4)c4ccccc4c(-c4ccc(-c5ccccc5)c5ccccc45)c3c21. The highest BCUT2D eigenvalue weighted by molar-refractivity contribution is 6.26. The van der Waals surface area contributed by atoms with Crippen molar-refractivity contribution in [1.82, 2.24) is 0 Å². The lowest BCUT2D eigenvalue weighted by Crippen LogP contribution is -2.16. The second-order valence-corrected chi connectivity index (χ2v) is 14.0. The van der Waals surface area contributed by atoms with Gasteiger partial charge in [-0.1, -0.05) is 178 Å². The van der Waals surface area contributed by atoms with E-state index >= 15 is 0 Å². The minimum Gasteiger partial charge on any atom is -0.0622 e. The van der Waals surface area contributed by atoms with Crippen LogP contribution in [0.25, 0.3) is 87.6 Å². The maximum absolute atomic E-state index is 2.42. The molecular formula is C49H34. The van der Waals surface area contributed by atoms with Gasteiger partial charge in [-0.15, -0.1) is 0 Å². The van der Waals surface area contributed by atoms with E-state index < -0.39 is 0 Å². The van der Waals surface area contributed by atoms with E-state index in [1.165, 1.54) is 98.7 Å². The van der Waals surface area contributed by atoms with Crippen molar-refractivity contribution in [2.45, 2.75) is 19.3 Å². The number of rotatable bonds is 3. The average Bonchev–Trinajstić information content (AvgIpc) is 3.39. The molecule has 0 atom stereocenters. The molecule has 0 nitrogen and oxygen atoms in total. The first-order valence-corrected chi connectivity index (χ1v) is 17.3. The van der Waals surface area contributed by atoms with Gasteiger partial charge < -0.3 is 0 Å². The molecule has 0 heteroatoms. The molecule has 49 heavy (non-hydrogen) atoms. The molecule has 0 amide bonds. The van der Waals surface area contributed by atoms with Crippen LogP contribution in [0.15, 0.2) is 170 Å². The molecule has 1 aliphatic rings. The van der Waals surface area contributed by atoms with Crippen molar-refractivity contribution in [2.75, 3.05) is 0 Å². The molecule has 0 N–H and O–H groups in total. The second-order valence-electron chi connectivity index (χ2n) is 14.0. The van der Waals surface area contributed by atoms with Gasteiger partial charge in [-0.05, 0) is 105 Å². The Bertz CT molecular complexity index is 2780. The second kappa shape index (κ2) is 10.5. The molecule has 9 aromatic rings. The first kappa shape index (κ1) is 28.1. The molecule has 0 heterocycles. The van der Waals surface area contributed by atoms with Crippen LogP contribution in [0.2, 0.25) is 0 Å². The minimum absolute atomic E-state index is 0.177. The van der Waals surface area contributed by atoms with E-state index in [1.54, 1.807) is 0 Å². The van der Waals surface area contributed by atoms with Gasteiger partial charge in [0.2, 0.25) is 0 Å². The molecule has 230 valence electrons. The molecule has 0 aromatic heterocycles. The van der Waals surface area contributed by atoms with Gasteiger partial charge in [-0.3, -0.25) is 0 Å². The van der Waals surface area contributed by atoms with Crippen LogP contribution < -0.4 is 0 Å². The van der Waals surface area contributed by atoms with Gasteiger partial charge in [0.05, 0.1) is 0 Å². The van der Waals surface area contributed by atoms with Crippen LogP contribution in [0.1, 0.15) is 25.0 Å². The maximum atomic E-state index is 2.42. The largest absolute Gasteiger partial charge is 0.0622 e. The van der Waals surface area contributed by atoms with E-state index in [4.69, 9.17) is 0 Å². The van der Waals surface area contributed by atoms with Gasteiger partial charge in [0.15, 0.2) is 0 Å². The summed E-state index contributed by atoms with van der Waals surface area (Å²) in [6.07, 6.45) is 0. The van der Waals surface area contributed by atoms with Crippen molar-refractivity contribution in [3.05, 3.63) is 181 Å². The molecule has 0 spiro atoms. The molecule has 0 aliphatic heterocycles. The van der Waals surface area contributed by atoms with Crippen LogP contribution >= 0.6 is 0 Å². The van der Waals surface area contributed by atoms with Gasteiger partial charge in [0.1, 0.15) is 0 Å². The molecule has 0 fully saturated rings. The Kier molecular flexibility index (Phi) is 6.02. The Morgan fingerprint density at radius 1 is 0.347 bits per heavy atom. The highest BCUT2D eigenvalue weighted by atomic mass is 14.4. The lowest BCUT2D eigenvalue weighted by atomic mass is 9.75. The van der Waals surface area contributed by atoms with Crippen LogP contribution in [0, 0.1) is 0 Å². The van der Waals surface area contributed by atoms with E-state index in [9.17, 15) is 0 Å². The molecule has 0 saturated heterocycles. The summed E-state index contributed by atoms with van der Waals surface area (Å²) in [4.78, 5) is 0. The Hall–Kier alpha value is -5.98. The number of fused-ring (bicyclic) bond motifs is 8. The third-order valence-corrected chi connectivity index (χ3v) is 11.0. The molecule has 0 saturated carbocycles. The fraction of sp³-hybridized carbons (Fsp3) is 0.0612. The molecule has 0 unspecified atom stereocenters. The number of hydrogen-bond donors (Lipinski definition) is 0. The normalized spacial score (nSPS) is 13.3. The first-order chi connectivity index (χ1) is 24.1. The van der Waals surface area contributed by atoms with Crippen molar-refractivity contribution >= 4 is 43.1 Å². The van der Waals surface area contributed by atoms with Crippen molar-refractivity contribution < 1.29 is 0 Å². The molecular weight excluding hydrogens is 589 g/mol. The Labute approximate surface area is 286 Å².